The first-order valence-corrected chi connectivity index (χ1v) is 5.84. The maximum Gasteiger partial charge on any atom is 0.228 e. The van der Waals surface area contributed by atoms with Crippen LogP contribution in [0.2, 0.25) is 0 Å². The smallest absolute Gasteiger partial charge is 0.228 e. The van der Waals surface area contributed by atoms with E-state index >= 15 is 0 Å². The second-order valence-corrected chi connectivity index (χ2v) is 4.30. The van der Waals surface area contributed by atoms with Gasteiger partial charge in [-0.05, 0) is 32.4 Å². The minimum atomic E-state index is -0.332. The lowest BCUT2D eigenvalue weighted by Gasteiger charge is -2.35. The summed E-state index contributed by atoms with van der Waals surface area (Å²) in [6, 6.07) is 0. The molecule has 1 aliphatic rings. The van der Waals surface area contributed by atoms with Gasteiger partial charge in [0.2, 0.25) is 5.91 Å². The van der Waals surface area contributed by atoms with Gasteiger partial charge in [0.05, 0.1) is 12.0 Å². The Balaban J connectivity index is 2.53. The molecule has 4 heteroatoms. The molecule has 16 heavy (non-hydrogen) atoms. The van der Waals surface area contributed by atoms with E-state index in [1.165, 1.54) is 0 Å². The van der Waals surface area contributed by atoms with Gasteiger partial charge in [0.1, 0.15) is 0 Å². The van der Waals surface area contributed by atoms with Gasteiger partial charge in [-0.3, -0.25) is 4.79 Å². The summed E-state index contributed by atoms with van der Waals surface area (Å²) in [5.74, 6) is 0.123. The van der Waals surface area contributed by atoms with Crippen molar-refractivity contribution in [3.8, 4) is 0 Å². The topological polar surface area (TPSA) is 50.4 Å². The van der Waals surface area contributed by atoms with E-state index in [-0.39, 0.29) is 11.3 Å². The zero-order valence-corrected chi connectivity index (χ0v) is 10.1. The number of amides is 1. The quantitative estimate of drug-likeness (QED) is 0.517. The van der Waals surface area contributed by atoms with Crippen LogP contribution < -0.4 is 10.6 Å². The summed E-state index contributed by atoms with van der Waals surface area (Å²) >= 11 is 0. The van der Waals surface area contributed by atoms with Crippen molar-refractivity contribution in [1.82, 2.24) is 10.6 Å². The second-order valence-electron chi connectivity index (χ2n) is 4.30. The Hall–Kier alpha value is -0.870. The van der Waals surface area contributed by atoms with Crippen molar-refractivity contribution in [2.75, 3.05) is 33.4 Å². The summed E-state index contributed by atoms with van der Waals surface area (Å²) in [5, 5.41) is 6.23. The first-order chi connectivity index (χ1) is 7.75. The van der Waals surface area contributed by atoms with Gasteiger partial charge < -0.3 is 15.4 Å². The first-order valence-electron chi connectivity index (χ1n) is 5.84. The first kappa shape index (κ1) is 13.2. The predicted molar refractivity (Wildman–Crippen MR) is 64.2 cm³/mol. The van der Waals surface area contributed by atoms with E-state index < -0.39 is 0 Å². The maximum absolute atomic E-state index is 12.1. The standard InChI is InChI=1S/C12H22N2O2/c1-3-4-7-14-11(15)12(10-16-2)5-8-13-9-6-12/h3,13H,1,4-10H2,2H3,(H,14,15). The minimum Gasteiger partial charge on any atom is -0.384 e. The molecule has 1 fully saturated rings. The third-order valence-corrected chi connectivity index (χ3v) is 3.10. The number of ether oxygens (including phenoxy) is 1. The summed E-state index contributed by atoms with van der Waals surface area (Å²) in [4.78, 5) is 12.1. The van der Waals surface area contributed by atoms with E-state index in [2.05, 4.69) is 17.2 Å². The van der Waals surface area contributed by atoms with Crippen molar-refractivity contribution >= 4 is 5.91 Å². The fourth-order valence-corrected chi connectivity index (χ4v) is 2.09. The predicted octanol–water partition coefficient (Wildman–Crippen LogP) is 0.695. The largest absolute Gasteiger partial charge is 0.384 e. The monoisotopic (exact) mass is 226 g/mol. The minimum absolute atomic E-state index is 0.123. The zero-order valence-electron chi connectivity index (χ0n) is 10.1. The summed E-state index contributed by atoms with van der Waals surface area (Å²) in [6.07, 6.45) is 4.32. The molecular weight excluding hydrogens is 204 g/mol. The van der Waals surface area contributed by atoms with Gasteiger partial charge in [0.15, 0.2) is 0 Å². The van der Waals surface area contributed by atoms with Crippen LogP contribution in [-0.2, 0) is 9.53 Å². The summed E-state index contributed by atoms with van der Waals surface area (Å²) in [5.41, 5.74) is -0.332. The number of piperidine rings is 1. The molecule has 0 aromatic rings. The summed E-state index contributed by atoms with van der Waals surface area (Å²) in [6.45, 7) is 6.59. The normalized spacial score (nSPS) is 19.1. The molecule has 0 unspecified atom stereocenters. The molecule has 1 rings (SSSR count). The number of rotatable bonds is 6. The Morgan fingerprint density at radius 3 is 2.81 bits per heavy atom. The molecule has 0 bridgehead atoms. The van der Waals surface area contributed by atoms with E-state index in [1.54, 1.807) is 7.11 Å². The van der Waals surface area contributed by atoms with Crippen molar-refractivity contribution in [2.45, 2.75) is 19.3 Å². The highest BCUT2D eigenvalue weighted by atomic mass is 16.5. The Bertz CT molecular complexity index is 230. The number of nitrogens with one attached hydrogen (secondary N) is 2. The van der Waals surface area contributed by atoms with E-state index in [4.69, 9.17) is 4.74 Å². The molecule has 0 aromatic carbocycles. The molecule has 4 nitrogen and oxygen atoms in total. The molecule has 1 heterocycles. The van der Waals surface area contributed by atoms with Gasteiger partial charge in [0.25, 0.3) is 0 Å². The average Bonchev–Trinajstić information content (AvgIpc) is 2.31. The van der Waals surface area contributed by atoms with Crippen LogP contribution in [0, 0.1) is 5.41 Å². The molecule has 1 aliphatic heterocycles. The third kappa shape index (κ3) is 3.32. The van der Waals surface area contributed by atoms with Crippen LogP contribution >= 0.6 is 0 Å². The molecule has 0 aromatic heterocycles. The van der Waals surface area contributed by atoms with Gasteiger partial charge in [0, 0.05) is 13.7 Å². The van der Waals surface area contributed by atoms with Crippen LogP contribution in [0.3, 0.4) is 0 Å². The Kier molecular flexibility index (Phi) is 5.49. The van der Waals surface area contributed by atoms with Gasteiger partial charge in [-0.2, -0.15) is 0 Å². The average molecular weight is 226 g/mol. The Labute approximate surface area is 97.4 Å². The van der Waals surface area contributed by atoms with E-state index in [0.717, 1.165) is 32.4 Å². The Morgan fingerprint density at radius 1 is 1.56 bits per heavy atom. The van der Waals surface area contributed by atoms with E-state index in [0.29, 0.717) is 13.2 Å². The number of hydrogen-bond acceptors (Lipinski definition) is 3. The van der Waals surface area contributed by atoms with Gasteiger partial charge in [-0.15, -0.1) is 6.58 Å². The highest BCUT2D eigenvalue weighted by Gasteiger charge is 2.39. The lowest BCUT2D eigenvalue weighted by molar-refractivity contribution is -0.136. The van der Waals surface area contributed by atoms with Crippen LogP contribution in [0.25, 0.3) is 0 Å². The zero-order chi connectivity index (χ0) is 11.9. The van der Waals surface area contributed by atoms with Crippen LogP contribution in [0.5, 0.6) is 0 Å². The van der Waals surface area contributed by atoms with Gasteiger partial charge >= 0.3 is 0 Å². The number of carbonyl (C=O) groups is 1. The molecule has 1 amide bonds. The molecule has 92 valence electrons. The van der Waals surface area contributed by atoms with Crippen molar-refractivity contribution in [1.29, 1.82) is 0 Å². The maximum atomic E-state index is 12.1. The lowest BCUT2D eigenvalue weighted by Crippen LogP contribution is -2.50. The molecule has 0 radical (unpaired) electrons. The lowest BCUT2D eigenvalue weighted by atomic mass is 9.78. The van der Waals surface area contributed by atoms with Gasteiger partial charge in [-0.1, -0.05) is 6.08 Å². The highest BCUT2D eigenvalue weighted by Crippen LogP contribution is 2.29. The van der Waals surface area contributed by atoms with Crippen molar-refractivity contribution in [3.05, 3.63) is 12.7 Å². The molecule has 2 N–H and O–H groups in total. The van der Waals surface area contributed by atoms with Crippen molar-refractivity contribution < 1.29 is 9.53 Å². The van der Waals surface area contributed by atoms with Gasteiger partial charge in [-0.25, -0.2) is 0 Å². The molecular formula is C12H22N2O2. The molecule has 0 atom stereocenters. The number of hydrogen-bond donors (Lipinski definition) is 2. The molecule has 0 saturated carbocycles. The summed E-state index contributed by atoms with van der Waals surface area (Å²) < 4.78 is 5.20. The van der Waals surface area contributed by atoms with E-state index in [1.807, 2.05) is 6.08 Å². The fourth-order valence-electron chi connectivity index (χ4n) is 2.09. The van der Waals surface area contributed by atoms with Crippen molar-refractivity contribution in [2.24, 2.45) is 5.41 Å². The third-order valence-electron chi connectivity index (χ3n) is 3.10. The second kappa shape index (κ2) is 6.66. The molecule has 1 saturated heterocycles. The van der Waals surface area contributed by atoms with Crippen LogP contribution in [0.1, 0.15) is 19.3 Å². The number of carbonyl (C=O) groups excluding carboxylic acids is 1. The Morgan fingerprint density at radius 2 is 2.25 bits per heavy atom. The molecule has 0 aliphatic carbocycles. The highest BCUT2D eigenvalue weighted by molar-refractivity contribution is 5.83. The van der Waals surface area contributed by atoms with E-state index in [9.17, 15) is 4.79 Å². The fraction of sp³-hybridized carbons (Fsp3) is 0.750. The van der Waals surface area contributed by atoms with Crippen molar-refractivity contribution in [3.63, 3.8) is 0 Å². The van der Waals surface area contributed by atoms with Crippen LogP contribution in [-0.4, -0.2) is 39.3 Å². The number of methoxy groups -OCH3 is 1. The van der Waals surface area contributed by atoms with Crippen LogP contribution in [0.15, 0.2) is 12.7 Å². The molecule has 0 spiro atoms. The summed E-state index contributed by atoms with van der Waals surface area (Å²) in [7, 11) is 1.65. The van der Waals surface area contributed by atoms with Crippen LogP contribution in [0.4, 0.5) is 0 Å². The SMILES string of the molecule is C=CCCNC(=O)C1(COC)CCNCC1.